The maximum Gasteiger partial charge on any atom is 0.0621 e. The molecule has 2 rings (SSSR count). The molecule has 0 aliphatic carbocycles. The van der Waals surface area contributed by atoms with Crippen LogP contribution in [0.25, 0.3) is 0 Å². The summed E-state index contributed by atoms with van der Waals surface area (Å²) >= 11 is 9.47. The normalized spacial score (nSPS) is 12.4. The van der Waals surface area contributed by atoms with Crippen molar-refractivity contribution < 1.29 is 5.11 Å². The van der Waals surface area contributed by atoms with E-state index in [4.69, 9.17) is 11.6 Å². The minimum absolute atomic E-state index is 0.411. The second-order valence-electron chi connectivity index (χ2n) is 4.28. The van der Waals surface area contributed by atoms with Crippen LogP contribution in [-0.4, -0.2) is 11.2 Å². The van der Waals surface area contributed by atoms with E-state index >= 15 is 0 Å². The molecule has 3 heteroatoms. The van der Waals surface area contributed by atoms with E-state index in [9.17, 15) is 5.11 Å². The molecule has 0 spiro atoms. The molecule has 1 unspecified atom stereocenters. The van der Waals surface area contributed by atoms with E-state index in [1.54, 1.807) is 0 Å². The number of hydrogen-bond donors (Lipinski definition) is 1. The van der Waals surface area contributed by atoms with Crippen LogP contribution in [0.3, 0.4) is 0 Å². The summed E-state index contributed by atoms with van der Waals surface area (Å²) in [5.74, 6) is 0. The van der Waals surface area contributed by atoms with Crippen LogP contribution in [-0.2, 0) is 12.8 Å². The monoisotopic (exact) mass is 324 g/mol. The van der Waals surface area contributed by atoms with Crippen LogP contribution in [0.5, 0.6) is 0 Å². The molecule has 2 aromatic rings. The second kappa shape index (κ2) is 6.37. The second-order valence-corrected chi connectivity index (χ2v) is 5.60. The van der Waals surface area contributed by atoms with Crippen LogP contribution in [0, 0.1) is 0 Å². The van der Waals surface area contributed by atoms with Crippen molar-refractivity contribution in [2.45, 2.75) is 18.9 Å². The van der Waals surface area contributed by atoms with Crippen molar-refractivity contribution in [1.29, 1.82) is 0 Å². The topological polar surface area (TPSA) is 20.2 Å². The van der Waals surface area contributed by atoms with Gasteiger partial charge in [0.1, 0.15) is 0 Å². The number of halogens is 2. The summed E-state index contributed by atoms with van der Waals surface area (Å²) < 4.78 is 1.05. The summed E-state index contributed by atoms with van der Waals surface area (Å²) in [5.41, 5.74) is 2.11. The van der Waals surface area contributed by atoms with E-state index in [0.29, 0.717) is 17.9 Å². The van der Waals surface area contributed by atoms with Gasteiger partial charge in [0, 0.05) is 15.9 Å². The number of benzene rings is 2. The van der Waals surface area contributed by atoms with E-state index in [1.165, 1.54) is 0 Å². The third-order valence-corrected chi connectivity index (χ3v) is 3.70. The molecule has 0 aliphatic heterocycles. The van der Waals surface area contributed by atoms with Gasteiger partial charge in [-0.25, -0.2) is 0 Å². The van der Waals surface area contributed by atoms with Crippen LogP contribution in [0.1, 0.15) is 11.1 Å². The Morgan fingerprint density at radius 1 is 1.00 bits per heavy atom. The zero-order valence-corrected chi connectivity index (χ0v) is 12.2. The average molecular weight is 326 g/mol. The first-order chi connectivity index (χ1) is 8.65. The number of rotatable bonds is 4. The molecule has 0 saturated heterocycles. The van der Waals surface area contributed by atoms with Gasteiger partial charge in [0.15, 0.2) is 0 Å². The first kappa shape index (κ1) is 13.6. The molecule has 2 aromatic carbocycles. The Labute approximate surface area is 121 Å². The quantitative estimate of drug-likeness (QED) is 0.891. The summed E-state index contributed by atoms with van der Waals surface area (Å²) in [5, 5.41) is 10.8. The molecule has 18 heavy (non-hydrogen) atoms. The van der Waals surface area contributed by atoms with Gasteiger partial charge in [0.05, 0.1) is 6.10 Å². The largest absolute Gasteiger partial charge is 0.392 e. The molecule has 94 valence electrons. The molecule has 0 bridgehead atoms. The maximum atomic E-state index is 10.1. The highest BCUT2D eigenvalue weighted by atomic mass is 79.9. The predicted octanol–water partition coefficient (Wildman–Crippen LogP) is 4.25. The van der Waals surface area contributed by atoms with E-state index in [2.05, 4.69) is 15.9 Å². The summed E-state index contributed by atoms with van der Waals surface area (Å²) in [6, 6.07) is 15.6. The van der Waals surface area contributed by atoms with Gasteiger partial charge in [0.2, 0.25) is 0 Å². The zero-order valence-electron chi connectivity index (χ0n) is 9.81. The fourth-order valence-electron chi connectivity index (χ4n) is 1.88. The van der Waals surface area contributed by atoms with E-state index in [0.717, 1.165) is 15.6 Å². The summed E-state index contributed by atoms with van der Waals surface area (Å²) in [7, 11) is 0. The molecule has 0 aromatic heterocycles. The van der Waals surface area contributed by atoms with Crippen molar-refractivity contribution in [2.24, 2.45) is 0 Å². The molecule has 0 saturated carbocycles. The van der Waals surface area contributed by atoms with Gasteiger partial charge < -0.3 is 5.11 Å². The van der Waals surface area contributed by atoms with Crippen molar-refractivity contribution in [3.8, 4) is 0 Å². The molecular formula is C15H14BrClO. The van der Waals surface area contributed by atoms with E-state index in [-0.39, 0.29) is 0 Å². The Morgan fingerprint density at radius 3 is 2.33 bits per heavy atom. The Bertz CT molecular complexity index is 510. The van der Waals surface area contributed by atoms with Crippen LogP contribution >= 0.6 is 27.5 Å². The Hall–Kier alpha value is -0.830. The SMILES string of the molecule is OC(Cc1ccc(Br)cc1)Cc1ccccc1Cl. The number of hydrogen-bond acceptors (Lipinski definition) is 1. The Morgan fingerprint density at radius 2 is 1.67 bits per heavy atom. The van der Waals surface area contributed by atoms with Crippen molar-refractivity contribution >= 4 is 27.5 Å². The lowest BCUT2D eigenvalue weighted by molar-refractivity contribution is 0.175. The van der Waals surface area contributed by atoms with Crippen LogP contribution in [0.4, 0.5) is 0 Å². The highest BCUT2D eigenvalue weighted by molar-refractivity contribution is 9.10. The first-order valence-electron chi connectivity index (χ1n) is 5.81. The van der Waals surface area contributed by atoms with Gasteiger partial charge in [-0.05, 0) is 35.7 Å². The van der Waals surface area contributed by atoms with Crippen molar-refractivity contribution in [2.75, 3.05) is 0 Å². The fraction of sp³-hybridized carbons (Fsp3) is 0.200. The lowest BCUT2D eigenvalue weighted by Gasteiger charge is -2.12. The van der Waals surface area contributed by atoms with Crippen molar-refractivity contribution in [3.63, 3.8) is 0 Å². The molecule has 1 nitrogen and oxygen atoms in total. The molecule has 0 aliphatic rings. The molecule has 0 fully saturated rings. The Balaban J connectivity index is 1.99. The Kier molecular flexibility index (Phi) is 4.81. The predicted molar refractivity (Wildman–Crippen MR) is 79.0 cm³/mol. The molecule has 0 radical (unpaired) electrons. The van der Waals surface area contributed by atoms with E-state index in [1.807, 2.05) is 48.5 Å². The van der Waals surface area contributed by atoms with Gasteiger partial charge in [0.25, 0.3) is 0 Å². The van der Waals surface area contributed by atoms with Gasteiger partial charge in [-0.2, -0.15) is 0 Å². The first-order valence-corrected chi connectivity index (χ1v) is 6.98. The maximum absolute atomic E-state index is 10.1. The lowest BCUT2D eigenvalue weighted by atomic mass is 10.0. The number of aliphatic hydroxyl groups is 1. The van der Waals surface area contributed by atoms with Crippen LogP contribution in [0.15, 0.2) is 53.0 Å². The van der Waals surface area contributed by atoms with Crippen LogP contribution in [0.2, 0.25) is 5.02 Å². The molecule has 1 atom stereocenters. The summed E-state index contributed by atoms with van der Waals surface area (Å²) in [6.45, 7) is 0. The highest BCUT2D eigenvalue weighted by Crippen LogP contribution is 2.18. The molecular weight excluding hydrogens is 312 g/mol. The minimum Gasteiger partial charge on any atom is -0.392 e. The highest BCUT2D eigenvalue weighted by Gasteiger charge is 2.09. The molecule has 1 N–H and O–H groups in total. The smallest absolute Gasteiger partial charge is 0.0621 e. The fourth-order valence-corrected chi connectivity index (χ4v) is 2.36. The summed E-state index contributed by atoms with van der Waals surface area (Å²) in [6.07, 6.45) is 0.805. The number of aliphatic hydroxyl groups excluding tert-OH is 1. The zero-order chi connectivity index (χ0) is 13.0. The van der Waals surface area contributed by atoms with Crippen molar-refractivity contribution in [3.05, 3.63) is 69.2 Å². The summed E-state index contributed by atoms with van der Waals surface area (Å²) in [4.78, 5) is 0. The molecule has 0 amide bonds. The van der Waals surface area contributed by atoms with Gasteiger partial charge in [-0.3, -0.25) is 0 Å². The van der Waals surface area contributed by atoms with Gasteiger partial charge in [-0.1, -0.05) is 57.9 Å². The van der Waals surface area contributed by atoms with Crippen molar-refractivity contribution in [1.82, 2.24) is 0 Å². The lowest BCUT2D eigenvalue weighted by Crippen LogP contribution is -2.14. The van der Waals surface area contributed by atoms with Gasteiger partial charge >= 0.3 is 0 Å². The average Bonchev–Trinajstić information content (AvgIpc) is 2.35. The van der Waals surface area contributed by atoms with Crippen LogP contribution < -0.4 is 0 Å². The van der Waals surface area contributed by atoms with E-state index < -0.39 is 6.10 Å². The van der Waals surface area contributed by atoms with Gasteiger partial charge in [-0.15, -0.1) is 0 Å². The molecule has 0 heterocycles. The minimum atomic E-state index is -0.411. The standard InChI is InChI=1S/C15H14BrClO/c16-13-7-5-11(6-8-13)9-14(18)10-12-3-1-2-4-15(12)17/h1-8,14,18H,9-10H2. The third kappa shape index (κ3) is 3.84. The third-order valence-electron chi connectivity index (χ3n) is 2.80.